The van der Waals surface area contributed by atoms with Crippen molar-refractivity contribution >= 4 is 23.4 Å². The molecule has 0 aliphatic heterocycles. The predicted molar refractivity (Wildman–Crippen MR) is 100 cm³/mol. The van der Waals surface area contributed by atoms with Crippen LogP contribution in [0.3, 0.4) is 0 Å². The first kappa shape index (κ1) is 18.3. The average molecular weight is 373 g/mol. The number of rotatable bonds is 7. The van der Waals surface area contributed by atoms with E-state index in [4.69, 9.17) is 16.3 Å². The van der Waals surface area contributed by atoms with Crippen molar-refractivity contribution in [1.29, 1.82) is 0 Å². The molecule has 0 aromatic heterocycles. The molecule has 1 N–H and O–H groups in total. The van der Waals surface area contributed by atoms with Crippen molar-refractivity contribution in [2.75, 3.05) is 13.7 Å². The summed E-state index contributed by atoms with van der Waals surface area (Å²) in [6, 6.07) is 14.6. The van der Waals surface area contributed by atoms with Crippen molar-refractivity contribution in [3.05, 3.63) is 64.7 Å². The van der Waals surface area contributed by atoms with Crippen molar-refractivity contribution in [1.82, 2.24) is 10.2 Å². The Balaban J connectivity index is 1.59. The second-order valence-corrected chi connectivity index (χ2v) is 6.73. The van der Waals surface area contributed by atoms with Gasteiger partial charge in [0.1, 0.15) is 5.75 Å². The van der Waals surface area contributed by atoms with E-state index >= 15 is 0 Å². The van der Waals surface area contributed by atoms with E-state index in [0.29, 0.717) is 17.1 Å². The molecule has 2 aromatic rings. The maximum absolute atomic E-state index is 12.6. The number of carbonyl (C=O) groups is 2. The molecular formula is C20H21ClN2O3. The zero-order chi connectivity index (χ0) is 18.5. The van der Waals surface area contributed by atoms with E-state index in [9.17, 15) is 9.59 Å². The first-order valence-electron chi connectivity index (χ1n) is 8.53. The number of nitrogens with one attached hydrogen (secondary N) is 1. The summed E-state index contributed by atoms with van der Waals surface area (Å²) in [5.74, 6) is 0.395. The lowest BCUT2D eigenvalue weighted by Crippen LogP contribution is -2.41. The molecular weight excluding hydrogens is 352 g/mol. The number of halogens is 1. The summed E-state index contributed by atoms with van der Waals surface area (Å²) in [6.07, 6.45) is 2.01. The van der Waals surface area contributed by atoms with Crippen LogP contribution in [0.15, 0.2) is 48.5 Å². The molecule has 0 heterocycles. The van der Waals surface area contributed by atoms with Gasteiger partial charge in [0, 0.05) is 23.2 Å². The summed E-state index contributed by atoms with van der Waals surface area (Å²) >= 11 is 5.90. The minimum absolute atomic E-state index is 0.0298. The summed E-state index contributed by atoms with van der Waals surface area (Å²) in [7, 11) is 1.62. The summed E-state index contributed by atoms with van der Waals surface area (Å²) in [4.78, 5) is 26.6. The molecule has 0 unspecified atom stereocenters. The number of ether oxygens (including phenoxy) is 1. The largest absolute Gasteiger partial charge is 0.497 e. The van der Waals surface area contributed by atoms with E-state index in [1.165, 1.54) is 0 Å². The fraction of sp³-hybridized carbons (Fsp3) is 0.300. The number of nitrogens with zero attached hydrogens (tertiary/aromatic N) is 1. The monoisotopic (exact) mass is 372 g/mol. The van der Waals surface area contributed by atoms with Crippen LogP contribution in [0.5, 0.6) is 5.75 Å². The van der Waals surface area contributed by atoms with Gasteiger partial charge in [0.2, 0.25) is 5.91 Å². The maximum Gasteiger partial charge on any atom is 0.251 e. The molecule has 2 aromatic carbocycles. The van der Waals surface area contributed by atoms with Crippen molar-refractivity contribution < 1.29 is 14.3 Å². The Morgan fingerprint density at radius 2 is 1.92 bits per heavy atom. The van der Waals surface area contributed by atoms with Gasteiger partial charge in [0.05, 0.1) is 13.7 Å². The predicted octanol–water partition coefficient (Wildman–Crippen LogP) is 3.27. The van der Waals surface area contributed by atoms with Crippen LogP contribution in [0.4, 0.5) is 0 Å². The van der Waals surface area contributed by atoms with Gasteiger partial charge in [0.15, 0.2) is 0 Å². The summed E-state index contributed by atoms with van der Waals surface area (Å²) in [6.45, 7) is 0.499. The third kappa shape index (κ3) is 4.76. The molecule has 2 amide bonds. The van der Waals surface area contributed by atoms with Gasteiger partial charge in [-0.15, -0.1) is 0 Å². The Hall–Kier alpha value is -2.53. The zero-order valence-corrected chi connectivity index (χ0v) is 15.3. The molecule has 0 atom stereocenters. The zero-order valence-electron chi connectivity index (χ0n) is 14.6. The van der Waals surface area contributed by atoms with Crippen LogP contribution >= 0.6 is 11.6 Å². The maximum atomic E-state index is 12.6. The number of amides is 2. The molecule has 1 fully saturated rings. The number of benzene rings is 2. The summed E-state index contributed by atoms with van der Waals surface area (Å²) < 4.78 is 5.16. The van der Waals surface area contributed by atoms with E-state index in [1.54, 1.807) is 31.4 Å². The molecule has 0 saturated heterocycles. The minimum Gasteiger partial charge on any atom is -0.497 e. The molecule has 0 spiro atoms. The van der Waals surface area contributed by atoms with Crippen molar-refractivity contribution in [2.24, 2.45) is 0 Å². The Labute approximate surface area is 157 Å². The molecule has 0 radical (unpaired) electrons. The van der Waals surface area contributed by atoms with E-state index < -0.39 is 0 Å². The Bertz CT molecular complexity index is 788. The van der Waals surface area contributed by atoms with E-state index in [2.05, 4.69) is 5.32 Å². The third-order valence-electron chi connectivity index (χ3n) is 4.31. The van der Waals surface area contributed by atoms with Crippen LogP contribution < -0.4 is 10.1 Å². The first-order chi connectivity index (χ1) is 12.6. The van der Waals surface area contributed by atoms with Gasteiger partial charge in [-0.3, -0.25) is 9.59 Å². The fourth-order valence-electron chi connectivity index (χ4n) is 2.72. The second kappa shape index (κ2) is 8.23. The molecule has 1 saturated carbocycles. The van der Waals surface area contributed by atoms with E-state index in [1.807, 2.05) is 29.2 Å². The van der Waals surface area contributed by atoms with Gasteiger partial charge in [-0.05, 0) is 48.7 Å². The van der Waals surface area contributed by atoms with Gasteiger partial charge in [-0.1, -0.05) is 29.8 Å². The topological polar surface area (TPSA) is 58.6 Å². The smallest absolute Gasteiger partial charge is 0.251 e. The molecule has 1 aliphatic rings. The Morgan fingerprint density at radius 3 is 2.54 bits per heavy atom. The molecule has 1 aliphatic carbocycles. The minimum atomic E-state index is -0.305. The SMILES string of the molecule is COc1ccc(CN(C(=O)CNC(=O)c2cccc(Cl)c2)C2CC2)cc1. The van der Waals surface area contributed by atoms with Crippen LogP contribution in [-0.2, 0) is 11.3 Å². The van der Waals surface area contributed by atoms with Crippen molar-refractivity contribution in [2.45, 2.75) is 25.4 Å². The van der Waals surface area contributed by atoms with Crippen molar-refractivity contribution in [3.8, 4) is 5.75 Å². The molecule has 5 nitrogen and oxygen atoms in total. The van der Waals surface area contributed by atoms with Gasteiger partial charge in [0.25, 0.3) is 5.91 Å². The van der Waals surface area contributed by atoms with Crippen LogP contribution in [0.2, 0.25) is 5.02 Å². The van der Waals surface area contributed by atoms with Crippen molar-refractivity contribution in [3.63, 3.8) is 0 Å². The van der Waals surface area contributed by atoms with Gasteiger partial charge >= 0.3 is 0 Å². The normalized spacial score (nSPS) is 13.2. The second-order valence-electron chi connectivity index (χ2n) is 6.29. The van der Waals surface area contributed by atoms with Gasteiger partial charge < -0.3 is 15.0 Å². The van der Waals surface area contributed by atoms with Crippen LogP contribution in [-0.4, -0.2) is 36.4 Å². The number of hydrogen-bond acceptors (Lipinski definition) is 3. The quantitative estimate of drug-likeness (QED) is 0.811. The highest BCUT2D eigenvalue weighted by Crippen LogP contribution is 2.28. The molecule has 6 heteroatoms. The highest BCUT2D eigenvalue weighted by atomic mass is 35.5. The lowest BCUT2D eigenvalue weighted by molar-refractivity contribution is -0.131. The van der Waals surface area contributed by atoms with Gasteiger partial charge in [-0.25, -0.2) is 0 Å². The van der Waals surface area contributed by atoms with Crippen LogP contribution in [0.1, 0.15) is 28.8 Å². The number of carbonyl (C=O) groups excluding carboxylic acids is 2. The number of hydrogen-bond donors (Lipinski definition) is 1. The summed E-state index contributed by atoms with van der Waals surface area (Å²) in [5, 5.41) is 3.17. The van der Waals surface area contributed by atoms with E-state index in [0.717, 1.165) is 24.2 Å². The fourth-order valence-corrected chi connectivity index (χ4v) is 2.91. The molecule has 136 valence electrons. The molecule has 0 bridgehead atoms. The van der Waals surface area contributed by atoms with Crippen LogP contribution in [0.25, 0.3) is 0 Å². The highest BCUT2D eigenvalue weighted by molar-refractivity contribution is 6.30. The highest BCUT2D eigenvalue weighted by Gasteiger charge is 2.32. The Morgan fingerprint density at radius 1 is 1.19 bits per heavy atom. The number of methoxy groups -OCH3 is 1. The third-order valence-corrected chi connectivity index (χ3v) is 4.54. The van der Waals surface area contributed by atoms with E-state index in [-0.39, 0.29) is 24.4 Å². The first-order valence-corrected chi connectivity index (χ1v) is 8.91. The Kier molecular flexibility index (Phi) is 5.78. The lowest BCUT2D eigenvalue weighted by atomic mass is 10.2. The average Bonchev–Trinajstić information content (AvgIpc) is 3.49. The molecule has 3 rings (SSSR count). The van der Waals surface area contributed by atoms with Crippen LogP contribution in [0, 0.1) is 0 Å². The standard InChI is InChI=1S/C20H21ClN2O3/c1-26-18-9-5-14(6-10-18)13-23(17-7-8-17)19(24)12-22-20(25)15-3-2-4-16(21)11-15/h2-6,9-11,17H,7-8,12-13H2,1H3,(H,22,25). The lowest BCUT2D eigenvalue weighted by Gasteiger charge is -2.23. The van der Waals surface area contributed by atoms with Gasteiger partial charge in [-0.2, -0.15) is 0 Å². The molecule has 26 heavy (non-hydrogen) atoms. The summed E-state index contributed by atoms with van der Waals surface area (Å²) in [5.41, 5.74) is 1.48.